The van der Waals surface area contributed by atoms with Gasteiger partial charge in [0.15, 0.2) is 0 Å². The van der Waals surface area contributed by atoms with Crippen LogP contribution >= 0.6 is 11.6 Å². The molecule has 0 spiro atoms. The number of halogens is 1. The van der Waals surface area contributed by atoms with E-state index in [-0.39, 0.29) is 18.9 Å². The van der Waals surface area contributed by atoms with Crippen LogP contribution in [0.25, 0.3) is 0 Å². The van der Waals surface area contributed by atoms with Crippen molar-refractivity contribution < 1.29 is 14.3 Å². The third-order valence-corrected chi connectivity index (χ3v) is 2.55. The van der Waals surface area contributed by atoms with Crippen LogP contribution in [0.4, 0.5) is 0 Å². The lowest BCUT2D eigenvalue weighted by Gasteiger charge is -2.08. The van der Waals surface area contributed by atoms with Crippen LogP contribution in [0.15, 0.2) is 23.3 Å². The minimum Gasteiger partial charge on any atom is -0.403 e. The van der Waals surface area contributed by atoms with Crippen LogP contribution in [0.3, 0.4) is 0 Å². The molecule has 102 valence electrons. The molecule has 1 aromatic carbocycles. The first-order chi connectivity index (χ1) is 9.08. The Kier molecular flexibility index (Phi) is 5.81. The van der Waals surface area contributed by atoms with Crippen molar-refractivity contribution in [2.45, 2.75) is 13.5 Å². The Labute approximate surface area is 115 Å². The number of carbonyl (C=O) groups excluding carboxylic acids is 2. The summed E-state index contributed by atoms with van der Waals surface area (Å²) in [4.78, 5) is 21.9. The van der Waals surface area contributed by atoms with Gasteiger partial charge in [-0.1, -0.05) is 17.7 Å². The molecule has 2 N–H and O–H groups in total. The van der Waals surface area contributed by atoms with Crippen molar-refractivity contribution in [3.63, 3.8) is 0 Å². The molecule has 0 aliphatic heterocycles. The second-order valence-corrected chi connectivity index (χ2v) is 4.04. The van der Waals surface area contributed by atoms with Crippen molar-refractivity contribution in [1.29, 1.82) is 0 Å². The first-order valence-corrected chi connectivity index (χ1v) is 5.84. The summed E-state index contributed by atoms with van der Waals surface area (Å²) in [6.45, 7) is 2.31. The quantitative estimate of drug-likeness (QED) is 0.373. The van der Waals surface area contributed by atoms with Gasteiger partial charge in [-0.15, -0.1) is 5.10 Å². The summed E-state index contributed by atoms with van der Waals surface area (Å²) in [5.74, 6) is -0.931. The molecule has 1 amide bonds. The van der Waals surface area contributed by atoms with E-state index in [1.54, 1.807) is 12.1 Å². The third kappa shape index (κ3) is 4.59. The molecular weight excluding hydrogens is 270 g/mol. The smallest absolute Gasteiger partial charge is 0.309 e. The highest BCUT2D eigenvalue weighted by Gasteiger charge is 2.13. The molecule has 0 heterocycles. The topological polar surface area (TPSA) is 79.8 Å². The number of amides is 1. The highest BCUT2D eigenvalue weighted by atomic mass is 35.5. The first-order valence-electron chi connectivity index (χ1n) is 5.46. The fourth-order valence-corrected chi connectivity index (χ4v) is 1.61. The van der Waals surface area contributed by atoms with E-state index in [0.29, 0.717) is 5.02 Å². The lowest BCUT2D eigenvalue weighted by atomic mass is 10.1. The van der Waals surface area contributed by atoms with E-state index in [1.807, 2.05) is 13.0 Å². The minimum absolute atomic E-state index is 0.142. The Morgan fingerprint density at radius 3 is 2.84 bits per heavy atom. The van der Waals surface area contributed by atoms with E-state index in [4.69, 9.17) is 11.6 Å². The number of nitrogens with zero attached hydrogens (tertiary/aromatic N) is 1. The number of benzene rings is 1. The lowest BCUT2D eigenvalue weighted by molar-refractivity contribution is -0.125. The highest BCUT2D eigenvalue weighted by Crippen LogP contribution is 2.14. The van der Waals surface area contributed by atoms with Crippen molar-refractivity contribution in [2.24, 2.45) is 5.10 Å². The zero-order valence-corrected chi connectivity index (χ0v) is 11.3. The standard InChI is InChI=1S/C12H14ClN3O3/c1-8-5-10(13)4-3-9(8)6-15-11(18)12(16-14-2)19-7-17/h3-5,7,14H,6H2,1-2H3,(H,15,18)/b16-12-. The summed E-state index contributed by atoms with van der Waals surface area (Å²) >= 11 is 5.84. The molecule has 0 fully saturated rings. The Balaban J connectivity index is 2.67. The second-order valence-electron chi connectivity index (χ2n) is 3.61. The lowest BCUT2D eigenvalue weighted by Crippen LogP contribution is -2.33. The van der Waals surface area contributed by atoms with Crippen molar-refractivity contribution >= 4 is 29.9 Å². The van der Waals surface area contributed by atoms with Crippen molar-refractivity contribution in [2.75, 3.05) is 7.05 Å². The summed E-state index contributed by atoms with van der Waals surface area (Å²) in [5.41, 5.74) is 4.24. The Morgan fingerprint density at radius 1 is 1.53 bits per heavy atom. The SMILES string of the molecule is CN/N=C(\OC=O)C(=O)NCc1ccc(Cl)cc1C. The number of ether oxygens (including phenoxy) is 1. The highest BCUT2D eigenvalue weighted by molar-refractivity contribution is 6.36. The molecule has 0 aliphatic carbocycles. The molecule has 6 nitrogen and oxygen atoms in total. The minimum atomic E-state index is -0.587. The molecule has 19 heavy (non-hydrogen) atoms. The van der Waals surface area contributed by atoms with Crippen LogP contribution in [0.1, 0.15) is 11.1 Å². The van der Waals surface area contributed by atoms with Crippen LogP contribution in [-0.4, -0.2) is 25.3 Å². The van der Waals surface area contributed by atoms with Gasteiger partial charge in [0.25, 0.3) is 6.47 Å². The molecule has 0 saturated carbocycles. The molecule has 0 aliphatic rings. The molecule has 0 unspecified atom stereocenters. The Hall–Kier alpha value is -2.08. The summed E-state index contributed by atoms with van der Waals surface area (Å²) in [6, 6.07) is 5.35. The van der Waals surface area contributed by atoms with E-state index in [2.05, 4.69) is 20.6 Å². The molecule has 1 rings (SSSR count). The molecule has 0 saturated heterocycles. The van der Waals surface area contributed by atoms with E-state index in [0.717, 1.165) is 11.1 Å². The number of hydrogen-bond acceptors (Lipinski definition) is 5. The number of rotatable bonds is 4. The van der Waals surface area contributed by atoms with E-state index in [9.17, 15) is 9.59 Å². The molecule has 0 atom stereocenters. The molecule has 0 aromatic heterocycles. The molecule has 1 aromatic rings. The van der Waals surface area contributed by atoms with Gasteiger partial charge in [-0.2, -0.15) is 0 Å². The van der Waals surface area contributed by atoms with E-state index < -0.39 is 5.91 Å². The zero-order chi connectivity index (χ0) is 14.3. The second kappa shape index (κ2) is 7.38. The number of carbonyl (C=O) groups is 2. The van der Waals surface area contributed by atoms with Gasteiger partial charge in [0.2, 0.25) is 0 Å². The Bertz CT molecular complexity index is 503. The maximum absolute atomic E-state index is 11.7. The fraction of sp³-hybridized carbons (Fsp3) is 0.250. The molecule has 0 bridgehead atoms. The van der Waals surface area contributed by atoms with Gasteiger partial charge in [-0.25, -0.2) is 0 Å². The third-order valence-electron chi connectivity index (χ3n) is 2.31. The van der Waals surface area contributed by atoms with Crippen LogP contribution in [-0.2, 0) is 20.9 Å². The largest absolute Gasteiger partial charge is 0.403 e. The predicted molar refractivity (Wildman–Crippen MR) is 71.7 cm³/mol. The maximum atomic E-state index is 11.7. The van der Waals surface area contributed by atoms with Gasteiger partial charge in [0.1, 0.15) is 0 Å². The zero-order valence-electron chi connectivity index (χ0n) is 10.6. The number of hydrazone groups is 1. The average Bonchev–Trinajstić information content (AvgIpc) is 2.37. The molecule has 7 heteroatoms. The summed E-state index contributed by atoms with van der Waals surface area (Å²) in [7, 11) is 1.49. The van der Waals surface area contributed by atoms with Gasteiger partial charge in [-0.3, -0.25) is 9.59 Å². The molecule has 0 radical (unpaired) electrons. The Morgan fingerprint density at radius 2 is 2.26 bits per heavy atom. The normalized spacial score (nSPS) is 10.8. The van der Waals surface area contributed by atoms with Crippen LogP contribution in [0, 0.1) is 6.92 Å². The van der Waals surface area contributed by atoms with Gasteiger partial charge in [0.05, 0.1) is 0 Å². The van der Waals surface area contributed by atoms with Crippen molar-refractivity contribution in [3.8, 4) is 0 Å². The van der Waals surface area contributed by atoms with Crippen molar-refractivity contribution in [1.82, 2.24) is 10.7 Å². The van der Waals surface area contributed by atoms with Crippen LogP contribution < -0.4 is 10.7 Å². The van der Waals surface area contributed by atoms with E-state index >= 15 is 0 Å². The number of hydrogen-bond donors (Lipinski definition) is 2. The van der Waals surface area contributed by atoms with Crippen molar-refractivity contribution in [3.05, 3.63) is 34.3 Å². The number of aryl methyl sites for hydroxylation is 1. The fourth-order valence-electron chi connectivity index (χ4n) is 1.39. The predicted octanol–water partition coefficient (Wildman–Crippen LogP) is 0.971. The number of nitrogens with one attached hydrogen (secondary N) is 2. The molecular formula is C12H14ClN3O3. The van der Waals surface area contributed by atoms with Gasteiger partial charge >= 0.3 is 11.8 Å². The van der Waals surface area contributed by atoms with Gasteiger partial charge < -0.3 is 15.5 Å². The van der Waals surface area contributed by atoms with E-state index in [1.165, 1.54) is 7.05 Å². The van der Waals surface area contributed by atoms with Crippen LogP contribution in [0.5, 0.6) is 0 Å². The van der Waals surface area contributed by atoms with Gasteiger partial charge in [0, 0.05) is 18.6 Å². The maximum Gasteiger partial charge on any atom is 0.309 e. The average molecular weight is 284 g/mol. The first kappa shape index (κ1) is 15.0. The monoisotopic (exact) mass is 283 g/mol. The summed E-state index contributed by atoms with van der Waals surface area (Å²) in [6.07, 6.45) is 0. The van der Waals surface area contributed by atoms with Crippen LogP contribution in [0.2, 0.25) is 5.02 Å². The summed E-state index contributed by atoms with van der Waals surface area (Å²) in [5, 5.41) is 6.77. The van der Waals surface area contributed by atoms with Gasteiger partial charge in [-0.05, 0) is 30.2 Å². The summed E-state index contributed by atoms with van der Waals surface area (Å²) < 4.78 is 4.46.